The van der Waals surface area contributed by atoms with Crippen molar-refractivity contribution < 1.29 is 4.39 Å². The summed E-state index contributed by atoms with van der Waals surface area (Å²) >= 11 is 0. The third-order valence-electron chi connectivity index (χ3n) is 2.59. The van der Waals surface area contributed by atoms with Crippen LogP contribution in [0.5, 0.6) is 0 Å². The van der Waals surface area contributed by atoms with E-state index in [1.54, 1.807) is 0 Å². The molecule has 2 heteroatoms. The summed E-state index contributed by atoms with van der Waals surface area (Å²) in [6.45, 7) is 5.87. The summed E-state index contributed by atoms with van der Waals surface area (Å²) in [5.41, 5.74) is -0.900. The van der Waals surface area contributed by atoms with E-state index < -0.39 is 5.67 Å². The van der Waals surface area contributed by atoms with Gasteiger partial charge in [0.2, 0.25) is 0 Å². The summed E-state index contributed by atoms with van der Waals surface area (Å²) in [5.74, 6) is 0.625. The van der Waals surface area contributed by atoms with Crippen LogP contribution in [0.15, 0.2) is 0 Å². The van der Waals surface area contributed by atoms with Gasteiger partial charge in [-0.25, -0.2) is 4.39 Å². The lowest BCUT2D eigenvalue weighted by molar-refractivity contribution is 0.104. The van der Waals surface area contributed by atoms with Crippen LogP contribution in [0.25, 0.3) is 0 Å². The predicted octanol–water partition coefficient (Wildman–Crippen LogP) is 2.51. The van der Waals surface area contributed by atoms with E-state index in [0.29, 0.717) is 12.5 Å². The third kappa shape index (κ3) is 3.10. The van der Waals surface area contributed by atoms with Crippen molar-refractivity contribution in [2.45, 2.75) is 45.2 Å². The van der Waals surface area contributed by atoms with Gasteiger partial charge >= 0.3 is 0 Å². The average Bonchev–Trinajstić information content (AvgIpc) is 2.03. The van der Waals surface area contributed by atoms with Gasteiger partial charge in [-0.15, -0.1) is 0 Å². The van der Waals surface area contributed by atoms with E-state index in [2.05, 4.69) is 19.2 Å². The first-order valence-corrected chi connectivity index (χ1v) is 5.02. The van der Waals surface area contributed by atoms with Gasteiger partial charge in [0.15, 0.2) is 0 Å². The molecule has 0 aromatic carbocycles. The van der Waals surface area contributed by atoms with Crippen LogP contribution < -0.4 is 5.32 Å². The van der Waals surface area contributed by atoms with Gasteiger partial charge in [0, 0.05) is 6.54 Å². The van der Waals surface area contributed by atoms with E-state index in [9.17, 15) is 4.39 Å². The standard InChI is InChI=1S/C10H20FN/c1-9(2)4-6-10(11)5-3-7-12-8-10/h9,12H,3-8H2,1-2H3. The molecule has 1 unspecified atom stereocenters. The number of halogens is 1. The molecule has 0 amide bonds. The fourth-order valence-corrected chi connectivity index (χ4v) is 1.69. The maximum atomic E-state index is 13.9. The largest absolute Gasteiger partial charge is 0.314 e. The Labute approximate surface area is 74.7 Å². The second-order valence-electron chi connectivity index (χ2n) is 4.36. The molecule has 0 radical (unpaired) electrons. The van der Waals surface area contributed by atoms with E-state index in [4.69, 9.17) is 0 Å². The molecule has 1 aliphatic heterocycles. The highest BCUT2D eigenvalue weighted by atomic mass is 19.1. The lowest BCUT2D eigenvalue weighted by Crippen LogP contribution is -2.42. The zero-order valence-corrected chi connectivity index (χ0v) is 8.20. The SMILES string of the molecule is CC(C)CCC1(F)CCCNC1. The molecule has 1 saturated heterocycles. The van der Waals surface area contributed by atoms with Crippen LogP contribution in [0.4, 0.5) is 4.39 Å². The predicted molar refractivity (Wildman–Crippen MR) is 50.0 cm³/mol. The highest BCUT2D eigenvalue weighted by Crippen LogP contribution is 2.27. The molecule has 0 aromatic heterocycles. The van der Waals surface area contributed by atoms with Crippen LogP contribution >= 0.6 is 0 Å². The fraction of sp³-hybridized carbons (Fsp3) is 1.00. The zero-order valence-electron chi connectivity index (χ0n) is 8.20. The maximum absolute atomic E-state index is 13.9. The molecule has 1 fully saturated rings. The Balaban J connectivity index is 2.26. The van der Waals surface area contributed by atoms with Crippen LogP contribution in [0.1, 0.15) is 39.5 Å². The monoisotopic (exact) mass is 173 g/mol. The quantitative estimate of drug-likeness (QED) is 0.691. The Morgan fingerprint density at radius 1 is 1.50 bits per heavy atom. The normalized spacial score (nSPS) is 31.0. The highest BCUT2D eigenvalue weighted by molar-refractivity contribution is 4.85. The average molecular weight is 173 g/mol. The Kier molecular flexibility index (Phi) is 3.51. The van der Waals surface area contributed by atoms with Crippen molar-refractivity contribution in [3.05, 3.63) is 0 Å². The third-order valence-corrected chi connectivity index (χ3v) is 2.59. The van der Waals surface area contributed by atoms with Gasteiger partial charge in [-0.1, -0.05) is 13.8 Å². The molecule has 12 heavy (non-hydrogen) atoms. The lowest BCUT2D eigenvalue weighted by Gasteiger charge is -2.30. The second kappa shape index (κ2) is 4.22. The molecule has 72 valence electrons. The molecule has 0 spiro atoms. The molecular formula is C10H20FN. The van der Waals surface area contributed by atoms with Crippen LogP contribution in [0.3, 0.4) is 0 Å². The second-order valence-corrected chi connectivity index (χ2v) is 4.36. The number of rotatable bonds is 3. The van der Waals surface area contributed by atoms with Gasteiger partial charge in [-0.2, -0.15) is 0 Å². The molecule has 1 nitrogen and oxygen atoms in total. The molecule has 1 aliphatic rings. The first-order chi connectivity index (χ1) is 5.62. The van der Waals surface area contributed by atoms with Gasteiger partial charge in [-0.3, -0.25) is 0 Å². The summed E-state index contributed by atoms with van der Waals surface area (Å²) in [6, 6.07) is 0. The molecular weight excluding hydrogens is 153 g/mol. The van der Waals surface area contributed by atoms with E-state index in [-0.39, 0.29) is 0 Å². The molecule has 1 N–H and O–H groups in total. The Hall–Kier alpha value is -0.110. The molecule has 1 rings (SSSR count). The molecule has 1 heterocycles. The zero-order chi connectivity index (χ0) is 9.03. The van der Waals surface area contributed by atoms with E-state index in [1.807, 2.05) is 0 Å². The van der Waals surface area contributed by atoms with Crippen LogP contribution in [-0.2, 0) is 0 Å². The number of hydrogen-bond acceptors (Lipinski definition) is 1. The number of piperidine rings is 1. The summed E-state index contributed by atoms with van der Waals surface area (Å²) in [6.07, 6.45) is 3.50. The van der Waals surface area contributed by atoms with Gasteiger partial charge in [-0.05, 0) is 38.1 Å². The molecule has 1 atom stereocenters. The highest BCUT2D eigenvalue weighted by Gasteiger charge is 2.30. The smallest absolute Gasteiger partial charge is 0.123 e. The Morgan fingerprint density at radius 2 is 2.25 bits per heavy atom. The Morgan fingerprint density at radius 3 is 2.75 bits per heavy atom. The Bertz CT molecular complexity index is 128. The minimum Gasteiger partial charge on any atom is -0.314 e. The maximum Gasteiger partial charge on any atom is 0.123 e. The number of alkyl halides is 1. The van der Waals surface area contributed by atoms with E-state index in [0.717, 1.165) is 32.2 Å². The first kappa shape index (κ1) is 9.97. The van der Waals surface area contributed by atoms with Gasteiger partial charge in [0.05, 0.1) is 0 Å². The molecule has 0 saturated carbocycles. The van der Waals surface area contributed by atoms with Gasteiger partial charge in [0.25, 0.3) is 0 Å². The van der Waals surface area contributed by atoms with Crippen molar-refractivity contribution in [2.75, 3.05) is 13.1 Å². The lowest BCUT2D eigenvalue weighted by atomic mass is 9.89. The minimum atomic E-state index is -0.900. The van der Waals surface area contributed by atoms with Crippen molar-refractivity contribution >= 4 is 0 Å². The first-order valence-electron chi connectivity index (χ1n) is 5.02. The topological polar surface area (TPSA) is 12.0 Å². The molecule has 0 aromatic rings. The summed E-state index contributed by atoms with van der Waals surface area (Å²) in [7, 11) is 0. The molecule has 0 aliphatic carbocycles. The number of hydrogen-bond donors (Lipinski definition) is 1. The van der Waals surface area contributed by atoms with Crippen LogP contribution in [0, 0.1) is 5.92 Å². The molecule has 0 bridgehead atoms. The summed E-state index contributed by atoms with van der Waals surface area (Å²) < 4.78 is 13.9. The van der Waals surface area contributed by atoms with E-state index >= 15 is 0 Å². The van der Waals surface area contributed by atoms with Crippen molar-refractivity contribution in [1.29, 1.82) is 0 Å². The minimum absolute atomic E-state index is 0.569. The van der Waals surface area contributed by atoms with Crippen LogP contribution in [0.2, 0.25) is 0 Å². The van der Waals surface area contributed by atoms with Gasteiger partial charge in [0.1, 0.15) is 5.67 Å². The van der Waals surface area contributed by atoms with E-state index in [1.165, 1.54) is 0 Å². The van der Waals surface area contributed by atoms with Crippen molar-refractivity contribution in [2.24, 2.45) is 5.92 Å². The van der Waals surface area contributed by atoms with Crippen molar-refractivity contribution in [3.8, 4) is 0 Å². The fourth-order valence-electron chi connectivity index (χ4n) is 1.69. The van der Waals surface area contributed by atoms with Crippen molar-refractivity contribution in [1.82, 2.24) is 5.32 Å². The number of nitrogens with one attached hydrogen (secondary N) is 1. The van der Waals surface area contributed by atoms with Crippen molar-refractivity contribution in [3.63, 3.8) is 0 Å². The summed E-state index contributed by atoms with van der Waals surface area (Å²) in [5, 5.41) is 3.12. The van der Waals surface area contributed by atoms with Gasteiger partial charge < -0.3 is 5.32 Å². The van der Waals surface area contributed by atoms with Crippen LogP contribution in [-0.4, -0.2) is 18.8 Å². The summed E-state index contributed by atoms with van der Waals surface area (Å²) in [4.78, 5) is 0.